The lowest BCUT2D eigenvalue weighted by molar-refractivity contribution is -0.152. The second-order valence-corrected chi connectivity index (χ2v) is 25.2. The second kappa shape index (κ2) is 31.9. The lowest BCUT2D eigenvalue weighted by Crippen LogP contribution is -2.32. The van der Waals surface area contributed by atoms with Crippen LogP contribution in [0.25, 0.3) is 33.7 Å². The Morgan fingerprint density at radius 3 is 1.42 bits per heavy atom. The molecule has 0 aliphatic heterocycles. The molecule has 0 fully saturated rings. The molecule has 3 N–H and O–H groups in total. The normalized spacial score (nSPS) is 15.6. The molecule has 0 saturated heterocycles. The number of carbonyl (C=O) groups is 4. The summed E-state index contributed by atoms with van der Waals surface area (Å²) in [6, 6.07) is 25.1. The number of aliphatic carboxylic acids is 3. The van der Waals surface area contributed by atoms with Gasteiger partial charge in [-0.2, -0.15) is 0 Å². The minimum absolute atomic E-state index is 0.252. The Bertz CT molecular complexity index is 2450. The van der Waals surface area contributed by atoms with Crippen molar-refractivity contribution in [3.8, 4) is 0 Å². The fourth-order valence-corrected chi connectivity index (χ4v) is 11.0. The number of esters is 1. The number of hydrogen-bond donors (Lipinski definition) is 3. The number of hydrogen-bond acceptors (Lipinski definition) is 5. The first-order valence-electron chi connectivity index (χ1n) is 29.4. The van der Waals surface area contributed by atoms with E-state index in [4.69, 9.17) is 14.9 Å². The zero-order chi connectivity index (χ0) is 55.8. The quantitative estimate of drug-likeness (QED) is 0.0361. The maximum Gasteiger partial charge on any atom is 0.314 e. The highest BCUT2D eigenvalue weighted by atomic mass is 16.5. The molecule has 0 spiro atoms. The Hall–Kier alpha value is -5.24. The van der Waals surface area contributed by atoms with E-state index in [-0.39, 0.29) is 5.97 Å². The summed E-state index contributed by atoms with van der Waals surface area (Å²) in [5, 5.41) is 32.2. The molecule has 8 heteroatoms. The predicted molar refractivity (Wildman–Crippen MR) is 317 cm³/mol. The van der Waals surface area contributed by atoms with Crippen LogP contribution >= 0.6 is 0 Å². The van der Waals surface area contributed by atoms with Crippen molar-refractivity contribution in [1.29, 1.82) is 0 Å². The van der Waals surface area contributed by atoms with Crippen LogP contribution in [-0.4, -0.2) is 39.2 Å². The summed E-state index contributed by atoms with van der Waals surface area (Å²) in [5.74, 6) is -2.55. The Balaban J connectivity index is 0.000000472. The van der Waals surface area contributed by atoms with Crippen molar-refractivity contribution < 1.29 is 39.2 Å². The van der Waals surface area contributed by atoms with E-state index in [0.29, 0.717) is 48.3 Å². The molecule has 0 radical (unpaired) electrons. The third kappa shape index (κ3) is 22.0. The fraction of sp³-hybridized carbons (Fsp3) is 0.588. The average molecular weight is 1040 g/mol. The van der Waals surface area contributed by atoms with Crippen LogP contribution in [0.3, 0.4) is 0 Å². The SMILES string of the molecule is CC(C)(C)CCCCC(=O)O.CC(C)(C)CCCCC(=O)O.CC(C)CCCCCCCC(C(=O)OC1C=Cc2cccc3cccc1c23)C1=Cc2cccc3cccc(c23)C1C(CCCCCCCC(C)C)C(=O)O. The molecule has 0 aromatic heterocycles. The van der Waals surface area contributed by atoms with E-state index in [1.54, 1.807) is 0 Å². The molecule has 0 heterocycles. The van der Waals surface area contributed by atoms with Gasteiger partial charge < -0.3 is 20.1 Å². The van der Waals surface area contributed by atoms with Gasteiger partial charge in [-0.25, -0.2) is 0 Å². The van der Waals surface area contributed by atoms with Crippen molar-refractivity contribution in [1.82, 2.24) is 0 Å². The number of rotatable bonds is 29. The Labute approximate surface area is 458 Å². The van der Waals surface area contributed by atoms with Crippen LogP contribution in [0.4, 0.5) is 0 Å². The smallest absolute Gasteiger partial charge is 0.314 e. The number of unbranched alkanes of at least 4 members (excludes halogenated alkanes) is 10. The Morgan fingerprint density at radius 2 is 0.947 bits per heavy atom. The molecule has 2 aliphatic rings. The molecule has 4 aromatic rings. The van der Waals surface area contributed by atoms with Crippen LogP contribution in [0.2, 0.25) is 0 Å². The van der Waals surface area contributed by atoms with Gasteiger partial charge in [-0.05, 0) is 111 Å². The highest BCUT2D eigenvalue weighted by Gasteiger charge is 2.41. The van der Waals surface area contributed by atoms with Crippen molar-refractivity contribution in [2.24, 2.45) is 34.5 Å². The monoisotopic (exact) mass is 1040 g/mol. The number of ether oxygens (including phenoxy) is 1. The van der Waals surface area contributed by atoms with Gasteiger partial charge in [0.15, 0.2) is 0 Å². The highest BCUT2D eigenvalue weighted by molar-refractivity contribution is 5.99. The third-order valence-corrected chi connectivity index (χ3v) is 15.1. The Kier molecular flexibility index (Phi) is 26.5. The number of carboxylic acids is 3. The minimum atomic E-state index is -0.780. The first-order valence-corrected chi connectivity index (χ1v) is 29.4. The molecular formula is C68H98O8. The summed E-state index contributed by atoms with van der Waals surface area (Å²) in [4.78, 5) is 48.5. The van der Waals surface area contributed by atoms with Gasteiger partial charge >= 0.3 is 23.9 Å². The van der Waals surface area contributed by atoms with Crippen LogP contribution in [0.5, 0.6) is 0 Å². The molecule has 8 nitrogen and oxygen atoms in total. The molecule has 0 saturated carbocycles. The first-order chi connectivity index (χ1) is 36.1. The van der Waals surface area contributed by atoms with Gasteiger partial charge in [0.25, 0.3) is 0 Å². The lowest BCUT2D eigenvalue weighted by Gasteiger charge is -2.35. The van der Waals surface area contributed by atoms with E-state index in [2.05, 4.69) is 148 Å². The zero-order valence-electron chi connectivity index (χ0n) is 48.6. The number of carboxylic acid groups (broad SMARTS) is 3. The van der Waals surface area contributed by atoms with Crippen LogP contribution in [0.1, 0.15) is 245 Å². The molecule has 0 bridgehead atoms. The Morgan fingerprint density at radius 1 is 0.513 bits per heavy atom. The molecule has 76 heavy (non-hydrogen) atoms. The molecular weight excluding hydrogens is 945 g/mol. The van der Waals surface area contributed by atoms with E-state index in [1.807, 2.05) is 12.1 Å². The lowest BCUT2D eigenvalue weighted by atomic mass is 9.68. The van der Waals surface area contributed by atoms with Gasteiger partial charge in [0.1, 0.15) is 6.10 Å². The zero-order valence-corrected chi connectivity index (χ0v) is 48.6. The van der Waals surface area contributed by atoms with Crippen LogP contribution < -0.4 is 0 Å². The van der Waals surface area contributed by atoms with Gasteiger partial charge in [0.05, 0.1) is 11.8 Å². The van der Waals surface area contributed by atoms with Crippen molar-refractivity contribution >= 4 is 57.6 Å². The van der Waals surface area contributed by atoms with E-state index >= 15 is 0 Å². The maximum atomic E-state index is 14.8. The summed E-state index contributed by atoms with van der Waals surface area (Å²) in [6.07, 6.45) is 26.9. The molecule has 2 aliphatic carbocycles. The van der Waals surface area contributed by atoms with Crippen molar-refractivity contribution in [2.45, 2.75) is 223 Å². The van der Waals surface area contributed by atoms with E-state index < -0.39 is 41.8 Å². The largest absolute Gasteiger partial charge is 0.481 e. The molecule has 6 rings (SSSR count). The van der Waals surface area contributed by atoms with E-state index in [1.165, 1.54) is 38.5 Å². The molecule has 0 amide bonds. The molecule has 4 unspecified atom stereocenters. The topological polar surface area (TPSA) is 138 Å². The standard InChI is InChI=1S/C50H62O4.2C9H18O2/c1-34(2)19-11-7-5-9-13-27-40(50(53)54-45-32-31-38-23-15-21-36-24-17-29-41(45)46(36)38)44-33-39-26-16-22-37-25-18-30-42(47(37)39)48(44)43(49(51)52)28-14-10-6-8-12-20-35(3)4;2*1-9(2,3)7-5-4-6-8(10)11/h15-18,21-26,29-35,40,43,45,48H,5-14,19-20,27-28H2,1-4H3,(H,51,52);2*4-7H2,1-3H3,(H,10,11). The fourth-order valence-electron chi connectivity index (χ4n) is 11.0. The number of benzene rings is 4. The molecule has 418 valence electrons. The highest BCUT2D eigenvalue weighted by Crippen LogP contribution is 2.49. The summed E-state index contributed by atoms with van der Waals surface area (Å²) >= 11 is 0. The van der Waals surface area contributed by atoms with E-state index in [9.17, 15) is 24.3 Å². The minimum Gasteiger partial charge on any atom is -0.481 e. The van der Waals surface area contributed by atoms with Crippen molar-refractivity contribution in [2.75, 3.05) is 0 Å². The summed E-state index contributed by atoms with van der Waals surface area (Å²) in [6.45, 7) is 22.1. The van der Waals surface area contributed by atoms with Gasteiger partial charge in [-0.15, -0.1) is 0 Å². The predicted octanol–water partition coefficient (Wildman–Crippen LogP) is 19.2. The maximum absolute atomic E-state index is 14.8. The summed E-state index contributed by atoms with van der Waals surface area (Å²) < 4.78 is 6.56. The first kappa shape index (κ1) is 63.3. The van der Waals surface area contributed by atoms with Gasteiger partial charge in [0, 0.05) is 24.3 Å². The number of carbonyl (C=O) groups excluding carboxylic acids is 1. The average Bonchev–Trinajstić information content (AvgIpc) is 3.34. The summed E-state index contributed by atoms with van der Waals surface area (Å²) in [5.41, 5.74) is 5.84. The van der Waals surface area contributed by atoms with Crippen molar-refractivity contribution in [3.05, 3.63) is 107 Å². The van der Waals surface area contributed by atoms with E-state index in [0.717, 1.165) is 126 Å². The third-order valence-electron chi connectivity index (χ3n) is 15.1. The molecule has 4 aromatic carbocycles. The van der Waals surface area contributed by atoms with Crippen LogP contribution in [-0.2, 0) is 23.9 Å². The second-order valence-electron chi connectivity index (χ2n) is 25.2. The van der Waals surface area contributed by atoms with Gasteiger partial charge in [-0.1, -0.05) is 244 Å². The van der Waals surface area contributed by atoms with Gasteiger partial charge in [0.2, 0.25) is 0 Å². The summed E-state index contributed by atoms with van der Waals surface area (Å²) in [7, 11) is 0. The van der Waals surface area contributed by atoms with Gasteiger partial charge in [-0.3, -0.25) is 19.2 Å². The van der Waals surface area contributed by atoms with Crippen LogP contribution in [0.15, 0.2) is 84.4 Å². The van der Waals surface area contributed by atoms with Crippen LogP contribution in [0, 0.1) is 34.5 Å². The van der Waals surface area contributed by atoms with Crippen molar-refractivity contribution in [3.63, 3.8) is 0 Å². The molecule has 4 atom stereocenters.